The quantitative estimate of drug-likeness (QED) is 0.322. The van der Waals surface area contributed by atoms with Crippen molar-refractivity contribution in [3.63, 3.8) is 0 Å². The molecule has 0 aliphatic carbocycles. The first-order chi connectivity index (χ1) is 9.35. The van der Waals surface area contributed by atoms with Crippen LogP contribution in [-0.2, 0) is 0 Å². The summed E-state index contributed by atoms with van der Waals surface area (Å²) in [5.74, 6) is 6.71. The van der Waals surface area contributed by atoms with Gasteiger partial charge in [-0.15, -0.1) is 0 Å². The molecule has 0 fully saturated rings. The number of nitrogen functional groups attached to an aromatic ring is 1. The van der Waals surface area contributed by atoms with Crippen molar-refractivity contribution in [3.8, 4) is 0 Å². The van der Waals surface area contributed by atoms with E-state index in [-0.39, 0.29) is 6.61 Å². The minimum Gasteiger partial charge on any atom is -0.396 e. The van der Waals surface area contributed by atoms with Crippen molar-refractivity contribution in [1.29, 1.82) is 0 Å². The van der Waals surface area contributed by atoms with Gasteiger partial charge in [-0.2, -0.15) is 0 Å². The van der Waals surface area contributed by atoms with E-state index in [0.717, 1.165) is 43.7 Å². The minimum absolute atomic E-state index is 0.272. The molecule has 0 saturated heterocycles. The summed E-state index contributed by atoms with van der Waals surface area (Å²) in [7, 11) is 0. The van der Waals surface area contributed by atoms with E-state index in [4.69, 9.17) is 10.9 Å². The second-order valence-corrected chi connectivity index (χ2v) is 4.34. The molecule has 104 valence electrons. The molecule has 0 aromatic carbocycles. The Hall–Kier alpha value is -1.86. The van der Waals surface area contributed by atoms with Crippen molar-refractivity contribution < 1.29 is 5.11 Å². The molecule has 2 heterocycles. The van der Waals surface area contributed by atoms with E-state index in [0.29, 0.717) is 5.82 Å². The number of hydrazine groups is 1. The first kappa shape index (κ1) is 13.6. The smallest absolute Gasteiger partial charge is 0.180 e. The Morgan fingerprint density at radius 3 is 2.89 bits per heavy atom. The number of imidazole rings is 1. The van der Waals surface area contributed by atoms with Crippen LogP contribution in [0.25, 0.3) is 5.65 Å². The van der Waals surface area contributed by atoms with Crippen molar-refractivity contribution in [2.24, 2.45) is 5.84 Å². The van der Waals surface area contributed by atoms with Crippen LogP contribution in [0, 0.1) is 0 Å². The van der Waals surface area contributed by atoms with Gasteiger partial charge >= 0.3 is 0 Å². The highest BCUT2D eigenvalue weighted by atomic mass is 16.2. The molecule has 7 nitrogen and oxygen atoms in total. The fraction of sp³-hybridized carbons (Fsp3) is 0.500. The Morgan fingerprint density at radius 2 is 2.11 bits per heavy atom. The summed E-state index contributed by atoms with van der Waals surface area (Å²) >= 11 is 0. The summed E-state index contributed by atoms with van der Waals surface area (Å²) in [6, 6.07) is 0. The zero-order valence-corrected chi connectivity index (χ0v) is 10.8. The van der Waals surface area contributed by atoms with E-state index in [9.17, 15) is 0 Å². The van der Waals surface area contributed by atoms with Crippen LogP contribution in [-0.4, -0.2) is 32.6 Å². The molecular formula is C12H20N6O. The highest BCUT2D eigenvalue weighted by molar-refractivity contribution is 5.65. The number of aliphatic hydroxyl groups is 1. The summed E-state index contributed by atoms with van der Waals surface area (Å²) in [5, 5.41) is 12.0. The molecule has 0 amide bonds. The maximum atomic E-state index is 8.70. The van der Waals surface area contributed by atoms with Gasteiger partial charge in [0.15, 0.2) is 17.3 Å². The number of anilines is 2. The second kappa shape index (κ2) is 6.91. The molecule has 2 aromatic rings. The standard InChI is InChI=1S/C12H20N6O/c13-17-10-9-18-7-6-15-12(18)11(16-10)14-5-3-1-2-4-8-19/h6-7,9,17,19H,1-5,8,13H2,(H,14,16). The van der Waals surface area contributed by atoms with Crippen LogP contribution in [0.5, 0.6) is 0 Å². The molecule has 0 spiro atoms. The van der Waals surface area contributed by atoms with Crippen molar-refractivity contribution in [2.75, 3.05) is 23.9 Å². The fourth-order valence-electron chi connectivity index (χ4n) is 1.92. The van der Waals surface area contributed by atoms with Gasteiger partial charge in [0.25, 0.3) is 0 Å². The predicted molar refractivity (Wildman–Crippen MR) is 74.8 cm³/mol. The summed E-state index contributed by atoms with van der Waals surface area (Å²) in [5.41, 5.74) is 3.33. The van der Waals surface area contributed by atoms with Crippen LogP contribution in [0.15, 0.2) is 18.6 Å². The average Bonchev–Trinajstić information content (AvgIpc) is 2.90. The van der Waals surface area contributed by atoms with E-state index in [1.165, 1.54) is 0 Å². The van der Waals surface area contributed by atoms with Gasteiger partial charge < -0.3 is 20.2 Å². The van der Waals surface area contributed by atoms with Gasteiger partial charge in [0.1, 0.15) is 0 Å². The number of fused-ring (bicyclic) bond motifs is 1. The Labute approximate surface area is 111 Å². The van der Waals surface area contributed by atoms with Gasteiger partial charge in [-0.3, -0.25) is 0 Å². The SMILES string of the molecule is NNc1cn2ccnc2c(NCCCCCCO)n1. The number of aromatic nitrogens is 3. The monoisotopic (exact) mass is 264 g/mol. The molecule has 2 aromatic heterocycles. The average molecular weight is 264 g/mol. The first-order valence-corrected chi connectivity index (χ1v) is 6.50. The summed E-state index contributed by atoms with van der Waals surface area (Å²) in [6.07, 6.45) is 9.41. The van der Waals surface area contributed by atoms with Crippen molar-refractivity contribution in [2.45, 2.75) is 25.7 Å². The van der Waals surface area contributed by atoms with E-state index >= 15 is 0 Å². The van der Waals surface area contributed by atoms with Crippen LogP contribution < -0.4 is 16.6 Å². The van der Waals surface area contributed by atoms with Crippen LogP contribution >= 0.6 is 0 Å². The van der Waals surface area contributed by atoms with Crippen LogP contribution in [0.3, 0.4) is 0 Å². The highest BCUT2D eigenvalue weighted by Gasteiger charge is 2.06. The maximum absolute atomic E-state index is 8.70. The molecule has 0 bridgehead atoms. The zero-order chi connectivity index (χ0) is 13.5. The zero-order valence-electron chi connectivity index (χ0n) is 10.8. The Morgan fingerprint density at radius 1 is 1.26 bits per heavy atom. The third kappa shape index (κ3) is 3.55. The molecule has 0 saturated carbocycles. The fourth-order valence-corrected chi connectivity index (χ4v) is 1.92. The molecule has 0 atom stereocenters. The third-order valence-electron chi connectivity index (χ3n) is 2.90. The van der Waals surface area contributed by atoms with Gasteiger partial charge in [0.2, 0.25) is 0 Å². The number of nitrogens with one attached hydrogen (secondary N) is 2. The van der Waals surface area contributed by atoms with E-state index in [1.54, 1.807) is 12.4 Å². The lowest BCUT2D eigenvalue weighted by Gasteiger charge is -2.09. The van der Waals surface area contributed by atoms with Crippen LogP contribution in [0.2, 0.25) is 0 Å². The molecular weight excluding hydrogens is 244 g/mol. The van der Waals surface area contributed by atoms with E-state index in [2.05, 4.69) is 20.7 Å². The molecule has 19 heavy (non-hydrogen) atoms. The lowest BCUT2D eigenvalue weighted by Crippen LogP contribution is -2.12. The summed E-state index contributed by atoms with van der Waals surface area (Å²) in [4.78, 5) is 8.61. The van der Waals surface area contributed by atoms with Crippen molar-refractivity contribution >= 4 is 17.3 Å². The molecule has 0 aliphatic rings. The Bertz CT molecular complexity index is 512. The Balaban J connectivity index is 1.93. The number of rotatable bonds is 8. The van der Waals surface area contributed by atoms with Crippen LogP contribution in [0.1, 0.15) is 25.7 Å². The largest absolute Gasteiger partial charge is 0.396 e. The van der Waals surface area contributed by atoms with Crippen molar-refractivity contribution in [1.82, 2.24) is 14.4 Å². The number of aliphatic hydroxyl groups excluding tert-OH is 1. The maximum Gasteiger partial charge on any atom is 0.180 e. The topological polar surface area (TPSA) is 100 Å². The number of hydrogen-bond donors (Lipinski definition) is 4. The molecule has 2 rings (SSSR count). The van der Waals surface area contributed by atoms with E-state index < -0.39 is 0 Å². The van der Waals surface area contributed by atoms with Gasteiger partial charge in [0.05, 0.1) is 6.20 Å². The Kier molecular flexibility index (Phi) is 4.93. The van der Waals surface area contributed by atoms with E-state index in [1.807, 2.05) is 10.6 Å². The van der Waals surface area contributed by atoms with Gasteiger partial charge in [-0.1, -0.05) is 12.8 Å². The first-order valence-electron chi connectivity index (χ1n) is 6.50. The molecule has 7 heteroatoms. The lowest BCUT2D eigenvalue weighted by atomic mass is 10.2. The number of hydrogen-bond acceptors (Lipinski definition) is 6. The number of nitrogens with zero attached hydrogens (tertiary/aromatic N) is 3. The predicted octanol–water partition coefficient (Wildman–Crippen LogP) is 0.979. The minimum atomic E-state index is 0.272. The molecule has 0 radical (unpaired) electrons. The molecule has 5 N–H and O–H groups in total. The normalized spacial score (nSPS) is 10.8. The number of unbranched alkanes of at least 4 members (excludes halogenated alkanes) is 3. The lowest BCUT2D eigenvalue weighted by molar-refractivity contribution is 0.283. The second-order valence-electron chi connectivity index (χ2n) is 4.34. The van der Waals surface area contributed by atoms with Crippen molar-refractivity contribution in [3.05, 3.63) is 18.6 Å². The van der Waals surface area contributed by atoms with Crippen LogP contribution in [0.4, 0.5) is 11.6 Å². The summed E-state index contributed by atoms with van der Waals surface area (Å²) < 4.78 is 1.87. The van der Waals surface area contributed by atoms with Gasteiger partial charge in [0, 0.05) is 25.5 Å². The highest BCUT2D eigenvalue weighted by Crippen LogP contribution is 2.15. The van der Waals surface area contributed by atoms with Gasteiger partial charge in [-0.05, 0) is 12.8 Å². The molecule has 0 aliphatic heterocycles. The molecule has 0 unspecified atom stereocenters. The third-order valence-corrected chi connectivity index (χ3v) is 2.90. The van der Waals surface area contributed by atoms with Gasteiger partial charge in [-0.25, -0.2) is 15.8 Å². The summed E-state index contributed by atoms with van der Waals surface area (Å²) in [6.45, 7) is 1.10. The number of nitrogens with two attached hydrogens (primary N) is 1.